The third-order valence-corrected chi connectivity index (χ3v) is 6.94. The van der Waals surface area contributed by atoms with E-state index in [4.69, 9.17) is 0 Å². The fourth-order valence-electron chi connectivity index (χ4n) is 5.04. The summed E-state index contributed by atoms with van der Waals surface area (Å²) in [6, 6.07) is 28.3. The summed E-state index contributed by atoms with van der Waals surface area (Å²) in [6.45, 7) is 12.0. The molecule has 184 valence electrons. The molecule has 5 heteroatoms. The van der Waals surface area contributed by atoms with Crippen molar-refractivity contribution >= 4 is 23.0 Å². The molecule has 1 N–H and O–H groups in total. The Bertz CT molecular complexity index is 1030. The minimum Gasteiger partial charge on any atom is -0.370 e. The predicted octanol–water partition coefficient (Wildman–Crippen LogP) is 5.79. The number of amides is 1. The molecule has 0 radical (unpaired) electrons. The van der Waals surface area contributed by atoms with Crippen molar-refractivity contribution < 1.29 is 4.79 Å². The first-order chi connectivity index (χ1) is 17.1. The second kappa shape index (κ2) is 11.9. The van der Waals surface area contributed by atoms with Crippen LogP contribution in [0.4, 0.5) is 17.1 Å². The van der Waals surface area contributed by atoms with Crippen molar-refractivity contribution in [3.05, 3.63) is 90.0 Å². The molecule has 3 aromatic rings. The van der Waals surface area contributed by atoms with Crippen LogP contribution in [0.25, 0.3) is 0 Å². The molecule has 3 aromatic carbocycles. The highest BCUT2D eigenvalue weighted by Crippen LogP contribution is 2.35. The molecule has 1 amide bonds. The van der Waals surface area contributed by atoms with Crippen LogP contribution in [-0.4, -0.2) is 50.1 Å². The lowest BCUT2D eigenvalue weighted by Gasteiger charge is -2.42. The lowest BCUT2D eigenvalue weighted by atomic mass is 9.96. The van der Waals surface area contributed by atoms with E-state index in [-0.39, 0.29) is 11.9 Å². The van der Waals surface area contributed by atoms with E-state index < -0.39 is 0 Å². The summed E-state index contributed by atoms with van der Waals surface area (Å²) >= 11 is 0. The number of hydrogen-bond acceptors (Lipinski definition) is 4. The molecule has 1 saturated heterocycles. The van der Waals surface area contributed by atoms with Crippen LogP contribution >= 0.6 is 0 Å². The maximum absolute atomic E-state index is 12.0. The maximum Gasteiger partial charge on any atom is 0.224 e. The van der Waals surface area contributed by atoms with E-state index >= 15 is 0 Å². The molecular formula is C30H38N4O. The van der Waals surface area contributed by atoms with Gasteiger partial charge in [-0.2, -0.15) is 0 Å². The molecule has 0 atom stereocenters. The first-order valence-electron chi connectivity index (χ1n) is 12.9. The van der Waals surface area contributed by atoms with E-state index in [0.717, 1.165) is 45.0 Å². The van der Waals surface area contributed by atoms with Crippen molar-refractivity contribution in [2.24, 2.45) is 0 Å². The van der Waals surface area contributed by atoms with Gasteiger partial charge in [-0.3, -0.25) is 9.69 Å². The molecule has 0 saturated carbocycles. The van der Waals surface area contributed by atoms with E-state index in [1.807, 2.05) is 13.0 Å². The number of nitrogens with one attached hydrogen (secondary N) is 1. The van der Waals surface area contributed by atoms with Gasteiger partial charge in [-0.05, 0) is 43.2 Å². The second-order valence-electron chi connectivity index (χ2n) is 9.02. The predicted molar refractivity (Wildman–Crippen MR) is 147 cm³/mol. The number of piperazine rings is 1. The van der Waals surface area contributed by atoms with E-state index in [0.29, 0.717) is 6.42 Å². The minimum absolute atomic E-state index is 0.0462. The van der Waals surface area contributed by atoms with Crippen LogP contribution < -0.4 is 15.1 Å². The molecule has 0 aliphatic carbocycles. The highest BCUT2D eigenvalue weighted by molar-refractivity contribution is 5.92. The van der Waals surface area contributed by atoms with E-state index in [1.54, 1.807) is 0 Å². The Hall–Kier alpha value is -3.31. The number of nitrogens with zero attached hydrogens (tertiary/aromatic N) is 3. The zero-order valence-corrected chi connectivity index (χ0v) is 21.3. The molecule has 4 rings (SSSR count). The average Bonchev–Trinajstić information content (AvgIpc) is 2.92. The van der Waals surface area contributed by atoms with Crippen molar-refractivity contribution in [1.29, 1.82) is 0 Å². The highest BCUT2D eigenvalue weighted by Gasteiger charge is 2.28. The van der Waals surface area contributed by atoms with Gasteiger partial charge >= 0.3 is 0 Å². The average molecular weight is 471 g/mol. The summed E-state index contributed by atoms with van der Waals surface area (Å²) in [5.41, 5.74) is 5.98. The Morgan fingerprint density at radius 2 is 1.40 bits per heavy atom. The van der Waals surface area contributed by atoms with Gasteiger partial charge in [0.2, 0.25) is 5.91 Å². The third kappa shape index (κ3) is 5.85. The van der Waals surface area contributed by atoms with Crippen molar-refractivity contribution in [3.8, 4) is 0 Å². The molecule has 1 aliphatic heterocycles. The third-order valence-electron chi connectivity index (χ3n) is 6.94. The number of hydrogen-bond donors (Lipinski definition) is 1. The number of carbonyl (C=O) groups is 1. The molecule has 0 spiro atoms. The van der Waals surface area contributed by atoms with Crippen LogP contribution in [0, 0.1) is 0 Å². The number of benzene rings is 3. The molecular weight excluding hydrogens is 432 g/mol. The van der Waals surface area contributed by atoms with Gasteiger partial charge in [0.05, 0.1) is 17.4 Å². The van der Waals surface area contributed by atoms with Gasteiger partial charge in [0.15, 0.2) is 0 Å². The fourth-order valence-corrected chi connectivity index (χ4v) is 5.04. The molecule has 5 nitrogen and oxygen atoms in total. The Labute approximate surface area is 210 Å². The van der Waals surface area contributed by atoms with Gasteiger partial charge in [-0.15, -0.1) is 0 Å². The van der Waals surface area contributed by atoms with Crippen LogP contribution in [0.5, 0.6) is 0 Å². The van der Waals surface area contributed by atoms with Gasteiger partial charge < -0.3 is 15.1 Å². The molecule has 0 bridgehead atoms. The maximum atomic E-state index is 12.0. The SMILES string of the molecule is CCC(=O)Nc1ccc(N(CC)CC)c(N2CCN(C(c3ccccc3)c3ccccc3)CC2)c1. The smallest absolute Gasteiger partial charge is 0.224 e. The summed E-state index contributed by atoms with van der Waals surface area (Å²) in [5.74, 6) is 0.0462. The van der Waals surface area contributed by atoms with Crippen LogP contribution in [0.15, 0.2) is 78.9 Å². The van der Waals surface area contributed by atoms with E-state index in [1.165, 1.54) is 22.5 Å². The molecule has 0 aromatic heterocycles. The minimum atomic E-state index is 0.0462. The van der Waals surface area contributed by atoms with Gasteiger partial charge in [0.1, 0.15) is 0 Å². The normalized spacial score (nSPS) is 14.2. The van der Waals surface area contributed by atoms with Crippen LogP contribution in [0.1, 0.15) is 44.4 Å². The van der Waals surface area contributed by atoms with Gasteiger partial charge in [0, 0.05) is 51.4 Å². The first-order valence-corrected chi connectivity index (χ1v) is 12.9. The Morgan fingerprint density at radius 3 is 1.91 bits per heavy atom. The molecule has 1 aliphatic rings. The summed E-state index contributed by atoms with van der Waals surface area (Å²) in [5, 5.41) is 3.05. The van der Waals surface area contributed by atoms with Crippen molar-refractivity contribution in [2.45, 2.75) is 33.2 Å². The Kier molecular flexibility index (Phi) is 8.43. The Balaban J connectivity index is 1.59. The number of rotatable bonds is 9. The lowest BCUT2D eigenvalue weighted by Crippen LogP contribution is -2.48. The first kappa shape index (κ1) is 24.8. The summed E-state index contributed by atoms with van der Waals surface area (Å²) < 4.78 is 0. The largest absolute Gasteiger partial charge is 0.370 e. The monoisotopic (exact) mass is 470 g/mol. The summed E-state index contributed by atoms with van der Waals surface area (Å²) in [6.07, 6.45) is 0.478. The van der Waals surface area contributed by atoms with Gasteiger partial charge in [0.25, 0.3) is 0 Å². The van der Waals surface area contributed by atoms with Crippen LogP contribution in [-0.2, 0) is 4.79 Å². The lowest BCUT2D eigenvalue weighted by molar-refractivity contribution is -0.115. The van der Waals surface area contributed by atoms with Crippen LogP contribution in [0.2, 0.25) is 0 Å². The number of anilines is 3. The van der Waals surface area contributed by atoms with Crippen LogP contribution in [0.3, 0.4) is 0 Å². The van der Waals surface area contributed by atoms with Crippen molar-refractivity contribution in [3.63, 3.8) is 0 Å². The standard InChI is InChI=1S/C30H38N4O/c1-4-29(35)31-26-17-18-27(32(5-2)6-3)28(23-26)33-19-21-34(22-20-33)30(24-13-9-7-10-14-24)25-15-11-8-12-16-25/h7-18,23,30H,4-6,19-22H2,1-3H3,(H,31,35). The van der Waals surface area contributed by atoms with E-state index in [2.05, 4.69) is 107 Å². The van der Waals surface area contributed by atoms with Gasteiger partial charge in [-0.25, -0.2) is 0 Å². The zero-order chi connectivity index (χ0) is 24.6. The van der Waals surface area contributed by atoms with Crippen molar-refractivity contribution in [1.82, 2.24) is 4.90 Å². The highest BCUT2D eigenvalue weighted by atomic mass is 16.1. The number of carbonyl (C=O) groups excluding carboxylic acids is 1. The quantitative estimate of drug-likeness (QED) is 0.429. The van der Waals surface area contributed by atoms with Crippen molar-refractivity contribution in [2.75, 3.05) is 54.4 Å². The summed E-state index contributed by atoms with van der Waals surface area (Å²) in [4.78, 5) is 19.5. The van der Waals surface area contributed by atoms with Gasteiger partial charge in [-0.1, -0.05) is 67.6 Å². The Morgan fingerprint density at radius 1 is 0.829 bits per heavy atom. The summed E-state index contributed by atoms with van der Waals surface area (Å²) in [7, 11) is 0. The van der Waals surface area contributed by atoms with E-state index in [9.17, 15) is 4.79 Å². The molecule has 35 heavy (non-hydrogen) atoms. The molecule has 1 fully saturated rings. The zero-order valence-electron chi connectivity index (χ0n) is 21.3. The fraction of sp³-hybridized carbons (Fsp3) is 0.367. The molecule has 1 heterocycles. The topological polar surface area (TPSA) is 38.8 Å². The second-order valence-corrected chi connectivity index (χ2v) is 9.02. The molecule has 0 unspecified atom stereocenters.